The van der Waals surface area contributed by atoms with Crippen molar-refractivity contribution in [1.29, 1.82) is 0 Å². The molecule has 0 spiro atoms. The van der Waals surface area contributed by atoms with Crippen molar-refractivity contribution in [3.05, 3.63) is 78.0 Å². The summed E-state index contributed by atoms with van der Waals surface area (Å²) in [6.07, 6.45) is 5.30. The Hall–Kier alpha value is -4.41. The highest BCUT2D eigenvalue weighted by Crippen LogP contribution is 2.35. The van der Waals surface area contributed by atoms with Crippen molar-refractivity contribution >= 4 is 17.0 Å². The number of halogens is 1. The first kappa shape index (κ1) is 18.4. The van der Waals surface area contributed by atoms with E-state index < -0.39 is 17.8 Å². The van der Waals surface area contributed by atoms with Crippen molar-refractivity contribution in [3.8, 4) is 11.5 Å². The van der Waals surface area contributed by atoms with Gasteiger partial charge in [0.15, 0.2) is 11.6 Å². The van der Waals surface area contributed by atoms with Gasteiger partial charge in [0.25, 0.3) is 0 Å². The fraction of sp³-hybridized carbons (Fsp3) is 0.143. The summed E-state index contributed by atoms with van der Waals surface area (Å²) in [6, 6.07) is 6.82. The van der Waals surface area contributed by atoms with Gasteiger partial charge in [-0.05, 0) is 24.3 Å². The Morgan fingerprint density at radius 1 is 1.22 bits per heavy atom. The molecule has 158 valence electrons. The number of oxazole rings is 1. The number of amides is 1. The molecule has 0 saturated carbocycles. The number of benzene rings is 1. The molecule has 1 N–H and O–H groups in total. The maximum absolute atomic E-state index is 13.7. The fourth-order valence-electron chi connectivity index (χ4n) is 3.82. The molecule has 4 aromatic heterocycles. The summed E-state index contributed by atoms with van der Waals surface area (Å²) in [5.74, 6) is -0.676. The average Bonchev–Trinajstić information content (AvgIpc) is 3.57. The van der Waals surface area contributed by atoms with E-state index in [1.54, 1.807) is 30.9 Å². The van der Waals surface area contributed by atoms with Crippen molar-refractivity contribution in [3.63, 3.8) is 0 Å². The largest absolute Gasteiger partial charge is 0.438 e. The van der Waals surface area contributed by atoms with E-state index in [-0.39, 0.29) is 17.7 Å². The molecule has 11 heteroatoms. The summed E-state index contributed by atoms with van der Waals surface area (Å²) in [4.78, 5) is 30.8. The molecule has 5 heterocycles. The molecule has 0 bridgehead atoms. The Morgan fingerprint density at radius 3 is 3.03 bits per heavy atom. The smallest absolute Gasteiger partial charge is 0.312 e. The molecule has 6 rings (SSSR count). The van der Waals surface area contributed by atoms with Crippen LogP contribution in [0.25, 0.3) is 22.6 Å². The maximum Gasteiger partial charge on any atom is 0.312 e. The number of carbonyl (C=O) groups excluding carboxylic acids is 1. The van der Waals surface area contributed by atoms with Gasteiger partial charge in [-0.3, -0.25) is 9.78 Å². The highest BCUT2D eigenvalue weighted by molar-refractivity contribution is 5.90. The Kier molecular flexibility index (Phi) is 4.06. The topological polar surface area (TPSA) is 127 Å². The van der Waals surface area contributed by atoms with E-state index in [1.165, 1.54) is 23.1 Å². The Morgan fingerprint density at radius 2 is 2.16 bits per heavy atom. The van der Waals surface area contributed by atoms with Crippen LogP contribution in [0.4, 0.5) is 4.39 Å². The average molecular weight is 431 g/mol. The number of H-pyrrole nitrogens is 1. The summed E-state index contributed by atoms with van der Waals surface area (Å²) in [5, 5.41) is 7.90. The molecule has 1 atom stereocenters. The summed E-state index contributed by atoms with van der Waals surface area (Å²) in [5.41, 5.74) is 2.84. The Labute approximate surface area is 179 Å². The van der Waals surface area contributed by atoms with Crippen molar-refractivity contribution in [1.82, 2.24) is 35.0 Å². The van der Waals surface area contributed by atoms with E-state index in [1.807, 2.05) is 0 Å². The van der Waals surface area contributed by atoms with Gasteiger partial charge in [-0.15, -0.1) is 10.2 Å². The van der Waals surface area contributed by atoms with Gasteiger partial charge in [0, 0.05) is 37.1 Å². The summed E-state index contributed by atoms with van der Waals surface area (Å²) < 4.78 is 25.2. The summed E-state index contributed by atoms with van der Waals surface area (Å²) >= 11 is 0. The lowest BCUT2D eigenvalue weighted by Crippen LogP contribution is -2.41. The first-order valence-corrected chi connectivity index (χ1v) is 9.80. The van der Waals surface area contributed by atoms with Crippen LogP contribution in [-0.2, 0) is 6.42 Å². The second kappa shape index (κ2) is 7.08. The quantitative estimate of drug-likeness (QED) is 0.462. The molecule has 0 radical (unpaired) electrons. The number of pyridine rings is 1. The lowest BCUT2D eigenvalue weighted by molar-refractivity contribution is 0.0627. The van der Waals surface area contributed by atoms with Crippen LogP contribution in [0, 0.1) is 5.82 Å². The van der Waals surface area contributed by atoms with Crippen LogP contribution in [0.3, 0.4) is 0 Å². The number of hydrogen-bond donors (Lipinski definition) is 1. The second-order valence-electron chi connectivity index (χ2n) is 7.24. The number of carbonyl (C=O) groups is 1. The molecule has 10 nitrogen and oxygen atoms in total. The maximum atomic E-state index is 13.7. The van der Waals surface area contributed by atoms with Crippen molar-refractivity contribution in [2.45, 2.75) is 12.5 Å². The minimum Gasteiger partial charge on any atom is -0.438 e. The number of nitrogens with zero attached hydrogens (tertiary/aromatic N) is 6. The number of rotatable bonds is 3. The van der Waals surface area contributed by atoms with Crippen LogP contribution >= 0.6 is 0 Å². The highest BCUT2D eigenvalue weighted by Gasteiger charge is 2.39. The van der Waals surface area contributed by atoms with Crippen molar-refractivity contribution in [2.75, 3.05) is 6.54 Å². The first-order valence-electron chi connectivity index (χ1n) is 9.80. The van der Waals surface area contributed by atoms with Gasteiger partial charge < -0.3 is 18.7 Å². The molecular formula is C21H14FN7O3. The van der Waals surface area contributed by atoms with Crippen molar-refractivity contribution in [2.24, 2.45) is 0 Å². The minimum absolute atomic E-state index is 0.171. The monoisotopic (exact) mass is 431 g/mol. The van der Waals surface area contributed by atoms with Crippen molar-refractivity contribution < 1.29 is 18.0 Å². The zero-order chi connectivity index (χ0) is 21.7. The fourth-order valence-corrected chi connectivity index (χ4v) is 3.82. The summed E-state index contributed by atoms with van der Waals surface area (Å²) in [6.45, 7) is 0.344. The molecule has 1 aromatic carbocycles. The Bertz CT molecular complexity index is 1440. The van der Waals surface area contributed by atoms with Gasteiger partial charge in [0.05, 0.1) is 17.6 Å². The number of hydrogen-bond acceptors (Lipinski definition) is 8. The highest BCUT2D eigenvalue weighted by atomic mass is 19.1. The third-order valence-corrected chi connectivity index (χ3v) is 5.30. The van der Waals surface area contributed by atoms with Gasteiger partial charge in [0.1, 0.15) is 11.3 Å². The molecular weight excluding hydrogens is 417 g/mol. The van der Waals surface area contributed by atoms with Gasteiger partial charge in [-0.1, -0.05) is 0 Å². The lowest BCUT2D eigenvalue weighted by atomic mass is 10.0. The predicted molar refractivity (Wildman–Crippen MR) is 107 cm³/mol. The van der Waals surface area contributed by atoms with E-state index >= 15 is 0 Å². The minimum atomic E-state index is -0.735. The summed E-state index contributed by atoms with van der Waals surface area (Å²) in [7, 11) is 0. The van der Waals surface area contributed by atoms with Gasteiger partial charge in [-0.25, -0.2) is 14.4 Å². The molecule has 1 aliphatic rings. The van der Waals surface area contributed by atoms with E-state index in [9.17, 15) is 9.18 Å². The molecule has 0 unspecified atom stereocenters. The number of fused-ring (bicyclic) bond motifs is 2. The van der Waals surface area contributed by atoms with Gasteiger partial charge in [0.2, 0.25) is 11.8 Å². The zero-order valence-electron chi connectivity index (χ0n) is 16.4. The van der Waals surface area contributed by atoms with Gasteiger partial charge in [-0.2, -0.15) is 0 Å². The van der Waals surface area contributed by atoms with E-state index in [4.69, 9.17) is 8.83 Å². The van der Waals surface area contributed by atoms with E-state index in [0.717, 1.165) is 5.69 Å². The Balaban J connectivity index is 1.40. The molecule has 5 aromatic rings. The zero-order valence-corrected chi connectivity index (χ0v) is 16.4. The standard InChI is InChI=1S/C21H14FN7O3/c22-12-3-4-15-14(8-12)26-19(31-15)17-16-13(24-10-25-16)5-7-29(17)21(30)20-28-27-18(32-20)11-2-1-6-23-9-11/h1-4,6,8-10,17H,5,7H2,(H,24,25)/t17-/m0/s1. The number of nitrogens with one attached hydrogen (secondary N) is 1. The SMILES string of the molecule is O=C(c1nnc(-c2cccnc2)o1)N1CCc2[nH]cnc2[C@H]1c1nc2cc(F)ccc2o1. The number of aromatic nitrogens is 6. The third-order valence-electron chi connectivity index (χ3n) is 5.30. The van der Waals surface area contributed by atoms with E-state index in [0.29, 0.717) is 35.3 Å². The van der Waals surface area contributed by atoms with Gasteiger partial charge >= 0.3 is 11.8 Å². The van der Waals surface area contributed by atoms with E-state index in [2.05, 4.69) is 30.1 Å². The predicted octanol–water partition coefficient (Wildman–Crippen LogP) is 2.92. The molecule has 32 heavy (non-hydrogen) atoms. The van der Waals surface area contributed by atoms with Crippen LogP contribution in [0.1, 0.15) is 34.0 Å². The normalized spacial score (nSPS) is 15.8. The molecule has 1 amide bonds. The van der Waals surface area contributed by atoms with Crippen LogP contribution in [0.15, 0.2) is 57.9 Å². The molecule has 0 aliphatic carbocycles. The molecule has 1 aliphatic heterocycles. The van der Waals surface area contributed by atoms with Crippen LogP contribution in [-0.4, -0.2) is 47.5 Å². The third kappa shape index (κ3) is 2.94. The molecule has 0 fully saturated rings. The first-order chi connectivity index (χ1) is 15.7. The second-order valence-corrected chi connectivity index (χ2v) is 7.24. The number of aromatic amines is 1. The van der Waals surface area contributed by atoms with Crippen LogP contribution in [0.2, 0.25) is 0 Å². The van der Waals surface area contributed by atoms with Crippen LogP contribution < -0.4 is 0 Å². The molecule has 0 saturated heterocycles. The lowest BCUT2D eigenvalue weighted by Gasteiger charge is -2.31. The number of imidazole rings is 1. The van der Waals surface area contributed by atoms with Crippen LogP contribution in [0.5, 0.6) is 0 Å².